The fourth-order valence-electron chi connectivity index (χ4n) is 4.74. The molecule has 0 N–H and O–H groups in total. The van der Waals surface area contributed by atoms with Gasteiger partial charge in [0.25, 0.3) is 0 Å². The van der Waals surface area contributed by atoms with Crippen molar-refractivity contribution in [1.82, 2.24) is 9.80 Å². The molecule has 190 valence electrons. The van der Waals surface area contributed by atoms with E-state index in [1.165, 1.54) is 23.9 Å². The number of ether oxygens (including phenoxy) is 1. The molecule has 0 amide bonds. The molecular formula is C28H30F3N3OS. The monoisotopic (exact) mass is 513 g/mol. The standard InChI is InChI=1S/C28H30F3N3OS/c29-28(30,31)22-11-12-27-25(21-22)34(24-9-4-5-10-26(24)36-27)14-6-13-32-15-17-33(18-16-32)19-20-35-23-7-2-1-3-8-23/h1-5,7-12,21H,6,13-20H2. The summed E-state index contributed by atoms with van der Waals surface area (Å²) in [6.45, 7) is 7.17. The van der Waals surface area contributed by atoms with E-state index in [9.17, 15) is 13.2 Å². The number of alkyl halides is 3. The van der Waals surface area contributed by atoms with E-state index in [0.717, 1.165) is 66.9 Å². The van der Waals surface area contributed by atoms with E-state index in [1.54, 1.807) is 6.07 Å². The van der Waals surface area contributed by atoms with Gasteiger partial charge in [0.2, 0.25) is 0 Å². The highest BCUT2D eigenvalue weighted by molar-refractivity contribution is 7.99. The summed E-state index contributed by atoms with van der Waals surface area (Å²) < 4.78 is 46.1. The molecule has 0 atom stereocenters. The van der Waals surface area contributed by atoms with E-state index in [0.29, 0.717) is 18.8 Å². The van der Waals surface area contributed by atoms with Crippen LogP contribution >= 0.6 is 11.8 Å². The van der Waals surface area contributed by atoms with E-state index in [-0.39, 0.29) is 0 Å². The first-order valence-electron chi connectivity index (χ1n) is 12.4. The van der Waals surface area contributed by atoms with Gasteiger partial charge in [-0.25, -0.2) is 0 Å². The third-order valence-electron chi connectivity index (χ3n) is 6.69. The van der Waals surface area contributed by atoms with Crippen molar-refractivity contribution in [1.29, 1.82) is 0 Å². The summed E-state index contributed by atoms with van der Waals surface area (Å²) in [5, 5.41) is 0. The van der Waals surface area contributed by atoms with Crippen LogP contribution in [0.2, 0.25) is 0 Å². The van der Waals surface area contributed by atoms with E-state index in [2.05, 4.69) is 14.7 Å². The van der Waals surface area contributed by atoms with Crippen molar-refractivity contribution < 1.29 is 17.9 Å². The maximum atomic E-state index is 13.4. The van der Waals surface area contributed by atoms with Gasteiger partial charge >= 0.3 is 6.18 Å². The van der Waals surface area contributed by atoms with Crippen LogP contribution in [0.4, 0.5) is 24.5 Å². The summed E-state index contributed by atoms with van der Waals surface area (Å²) in [5.41, 5.74) is 1.04. The minimum atomic E-state index is -4.35. The van der Waals surface area contributed by atoms with Crippen LogP contribution in [0.5, 0.6) is 5.75 Å². The Kier molecular flexibility index (Phi) is 7.74. The van der Waals surface area contributed by atoms with Gasteiger partial charge < -0.3 is 14.5 Å². The summed E-state index contributed by atoms with van der Waals surface area (Å²) in [7, 11) is 0. The molecule has 0 bridgehead atoms. The lowest BCUT2D eigenvalue weighted by molar-refractivity contribution is -0.137. The zero-order valence-electron chi connectivity index (χ0n) is 20.1. The Morgan fingerprint density at radius 3 is 2.14 bits per heavy atom. The average molecular weight is 514 g/mol. The summed E-state index contributed by atoms with van der Waals surface area (Å²) in [4.78, 5) is 8.89. The molecule has 1 saturated heterocycles. The van der Waals surface area contributed by atoms with Crippen LogP contribution in [-0.2, 0) is 6.18 Å². The molecule has 0 spiro atoms. The lowest BCUT2D eigenvalue weighted by Gasteiger charge is -2.36. The van der Waals surface area contributed by atoms with Crippen molar-refractivity contribution in [2.75, 3.05) is 57.3 Å². The van der Waals surface area contributed by atoms with Crippen molar-refractivity contribution in [3.05, 3.63) is 78.4 Å². The quantitative estimate of drug-likeness (QED) is 0.346. The number of benzene rings is 3. The number of para-hydroxylation sites is 2. The molecule has 1 fully saturated rings. The maximum Gasteiger partial charge on any atom is 0.416 e. The minimum absolute atomic E-state index is 0.599. The van der Waals surface area contributed by atoms with Crippen LogP contribution in [0.1, 0.15) is 12.0 Å². The Bertz CT molecular complexity index is 1150. The second-order valence-electron chi connectivity index (χ2n) is 9.10. The van der Waals surface area contributed by atoms with Gasteiger partial charge in [0.05, 0.1) is 16.9 Å². The Balaban J connectivity index is 1.14. The molecule has 0 unspecified atom stereocenters. The minimum Gasteiger partial charge on any atom is -0.492 e. The highest BCUT2D eigenvalue weighted by Gasteiger charge is 2.33. The largest absolute Gasteiger partial charge is 0.492 e. The summed E-state index contributed by atoms with van der Waals surface area (Å²) in [5.74, 6) is 0.901. The highest BCUT2D eigenvalue weighted by Crippen LogP contribution is 2.49. The summed E-state index contributed by atoms with van der Waals surface area (Å²) in [6, 6.07) is 21.9. The van der Waals surface area contributed by atoms with Crippen molar-refractivity contribution in [2.45, 2.75) is 22.4 Å². The van der Waals surface area contributed by atoms with Crippen molar-refractivity contribution in [2.24, 2.45) is 0 Å². The molecule has 8 heteroatoms. The highest BCUT2D eigenvalue weighted by atomic mass is 32.2. The first-order chi connectivity index (χ1) is 17.5. The van der Waals surface area contributed by atoms with Gasteiger partial charge in [-0.05, 0) is 55.4 Å². The van der Waals surface area contributed by atoms with Gasteiger partial charge in [-0.2, -0.15) is 13.2 Å². The van der Waals surface area contributed by atoms with Crippen molar-refractivity contribution in [3.8, 4) is 5.75 Å². The number of hydrogen-bond acceptors (Lipinski definition) is 5. The predicted molar refractivity (Wildman–Crippen MR) is 138 cm³/mol. The van der Waals surface area contributed by atoms with Gasteiger partial charge in [0.15, 0.2) is 0 Å². The lowest BCUT2D eigenvalue weighted by atomic mass is 10.1. The van der Waals surface area contributed by atoms with E-state index < -0.39 is 11.7 Å². The number of rotatable bonds is 8. The van der Waals surface area contributed by atoms with Crippen molar-refractivity contribution in [3.63, 3.8) is 0 Å². The zero-order chi connectivity index (χ0) is 25.0. The fraction of sp³-hybridized carbons (Fsp3) is 0.357. The molecule has 0 saturated carbocycles. The Hall–Kier alpha value is -2.68. The fourth-order valence-corrected chi connectivity index (χ4v) is 5.82. The van der Waals surface area contributed by atoms with Crippen LogP contribution in [0, 0.1) is 0 Å². The smallest absolute Gasteiger partial charge is 0.416 e. The number of fused-ring (bicyclic) bond motifs is 2. The molecule has 36 heavy (non-hydrogen) atoms. The van der Waals surface area contributed by atoms with Gasteiger partial charge in [0.1, 0.15) is 12.4 Å². The maximum absolute atomic E-state index is 13.4. The van der Waals surface area contributed by atoms with Crippen LogP contribution in [0.25, 0.3) is 0 Å². The Morgan fingerprint density at radius 2 is 1.39 bits per heavy atom. The first-order valence-corrected chi connectivity index (χ1v) is 13.2. The molecule has 2 aliphatic heterocycles. The molecule has 5 rings (SSSR count). The molecule has 0 aliphatic carbocycles. The predicted octanol–water partition coefficient (Wildman–Crippen LogP) is 6.39. The topological polar surface area (TPSA) is 19.0 Å². The molecule has 0 radical (unpaired) electrons. The number of piperazine rings is 1. The van der Waals surface area contributed by atoms with E-state index in [1.807, 2.05) is 54.6 Å². The summed E-state index contributed by atoms with van der Waals surface area (Å²) in [6.07, 6.45) is -3.47. The van der Waals surface area contributed by atoms with Gasteiger partial charge in [0, 0.05) is 49.1 Å². The number of hydrogen-bond donors (Lipinski definition) is 0. The third-order valence-corrected chi connectivity index (χ3v) is 7.82. The van der Waals surface area contributed by atoms with Gasteiger partial charge in [-0.1, -0.05) is 42.1 Å². The number of nitrogens with zero attached hydrogens (tertiary/aromatic N) is 3. The van der Waals surface area contributed by atoms with Crippen LogP contribution in [-0.4, -0.2) is 62.2 Å². The molecule has 2 heterocycles. The molecular weight excluding hydrogens is 483 g/mol. The van der Waals surface area contributed by atoms with Crippen LogP contribution in [0.3, 0.4) is 0 Å². The molecule has 2 aliphatic rings. The molecule has 3 aromatic rings. The van der Waals surface area contributed by atoms with E-state index >= 15 is 0 Å². The number of anilines is 2. The first kappa shape index (κ1) is 25.0. The number of halogens is 3. The van der Waals surface area contributed by atoms with Crippen LogP contribution in [0.15, 0.2) is 82.6 Å². The summed E-state index contributed by atoms with van der Waals surface area (Å²) >= 11 is 1.54. The normalized spacial score (nSPS) is 16.5. The Morgan fingerprint density at radius 1 is 0.722 bits per heavy atom. The molecule has 3 aromatic carbocycles. The molecule has 4 nitrogen and oxygen atoms in total. The van der Waals surface area contributed by atoms with Gasteiger partial charge in [-0.15, -0.1) is 0 Å². The Labute approximate surface area is 214 Å². The third kappa shape index (κ3) is 5.99. The van der Waals surface area contributed by atoms with Gasteiger partial charge in [-0.3, -0.25) is 4.90 Å². The zero-order valence-corrected chi connectivity index (χ0v) is 20.9. The lowest BCUT2D eigenvalue weighted by Crippen LogP contribution is -2.47. The second-order valence-corrected chi connectivity index (χ2v) is 10.2. The average Bonchev–Trinajstić information content (AvgIpc) is 2.89. The SMILES string of the molecule is FC(F)(F)c1ccc2c(c1)N(CCCN1CCN(CCOc3ccccc3)CC1)c1ccccc1S2. The second kappa shape index (κ2) is 11.2. The van der Waals surface area contributed by atoms with E-state index in [4.69, 9.17) is 4.74 Å². The van der Waals surface area contributed by atoms with Crippen LogP contribution < -0.4 is 9.64 Å². The van der Waals surface area contributed by atoms with Crippen molar-refractivity contribution >= 4 is 23.1 Å². The molecule has 0 aromatic heterocycles.